The van der Waals surface area contributed by atoms with Crippen LogP contribution in [-0.4, -0.2) is 14.2 Å². The van der Waals surface area contributed by atoms with Crippen LogP contribution >= 0.6 is 0 Å². The fourth-order valence-corrected chi connectivity index (χ4v) is 1.88. The number of methoxy groups -OCH3 is 2. The minimum Gasteiger partial charge on any atom is -0.493 e. The zero-order chi connectivity index (χ0) is 14.1. The van der Waals surface area contributed by atoms with Crippen molar-refractivity contribution < 1.29 is 9.47 Å². The van der Waals surface area contributed by atoms with Gasteiger partial charge in [0.25, 0.3) is 0 Å². The average Bonchev–Trinajstić information content (AvgIpc) is 2.24. The van der Waals surface area contributed by atoms with Crippen LogP contribution in [0.3, 0.4) is 0 Å². The third kappa shape index (κ3) is 2.96. The Balaban J connectivity index is 3.57. The van der Waals surface area contributed by atoms with Crippen molar-refractivity contribution in [3.8, 4) is 11.5 Å². The lowest BCUT2D eigenvalue weighted by atomic mass is 9.83. The van der Waals surface area contributed by atoms with Gasteiger partial charge < -0.3 is 15.2 Å². The van der Waals surface area contributed by atoms with Crippen LogP contribution in [0, 0.1) is 0 Å². The summed E-state index contributed by atoms with van der Waals surface area (Å²) in [4.78, 5) is 0. The van der Waals surface area contributed by atoms with Gasteiger partial charge in [0.2, 0.25) is 0 Å². The molecule has 1 rings (SSSR count). The molecule has 1 aromatic carbocycles. The van der Waals surface area contributed by atoms with Crippen LogP contribution in [-0.2, 0) is 11.0 Å². The average molecular weight is 251 g/mol. The van der Waals surface area contributed by atoms with Crippen LogP contribution < -0.4 is 15.2 Å². The fraction of sp³-hybridized carbons (Fsp3) is 0.600. The normalized spacial score (nSPS) is 12.4. The van der Waals surface area contributed by atoms with Crippen LogP contribution in [0.5, 0.6) is 11.5 Å². The molecule has 18 heavy (non-hydrogen) atoms. The summed E-state index contributed by atoms with van der Waals surface area (Å²) in [5.74, 6) is 1.46. The third-order valence-corrected chi connectivity index (χ3v) is 3.04. The highest BCUT2D eigenvalue weighted by Gasteiger charge is 2.26. The lowest BCUT2D eigenvalue weighted by Crippen LogP contribution is -2.30. The number of nitrogens with two attached hydrogens (primary N) is 1. The molecule has 0 bridgehead atoms. The highest BCUT2D eigenvalue weighted by Crippen LogP contribution is 2.40. The van der Waals surface area contributed by atoms with Crippen LogP contribution in [0.25, 0.3) is 0 Å². The van der Waals surface area contributed by atoms with Crippen molar-refractivity contribution in [3.05, 3.63) is 23.3 Å². The first-order valence-electron chi connectivity index (χ1n) is 6.17. The molecule has 1 aromatic rings. The highest BCUT2D eigenvalue weighted by atomic mass is 16.5. The second kappa shape index (κ2) is 4.81. The van der Waals surface area contributed by atoms with Gasteiger partial charge in [0.1, 0.15) is 0 Å². The number of hydrogen-bond donors (Lipinski definition) is 1. The van der Waals surface area contributed by atoms with Crippen molar-refractivity contribution in [1.82, 2.24) is 0 Å². The molecule has 0 atom stereocenters. The summed E-state index contributed by atoms with van der Waals surface area (Å²) in [6.45, 7) is 10.4. The molecule has 3 heteroatoms. The molecule has 3 nitrogen and oxygen atoms in total. The predicted molar refractivity (Wildman–Crippen MR) is 75.5 cm³/mol. The van der Waals surface area contributed by atoms with Gasteiger partial charge in [-0.2, -0.15) is 0 Å². The Bertz CT molecular complexity index is 425. The molecule has 0 aromatic heterocycles. The zero-order valence-electron chi connectivity index (χ0n) is 12.5. The number of hydrogen-bond acceptors (Lipinski definition) is 3. The van der Waals surface area contributed by atoms with Gasteiger partial charge in [0.15, 0.2) is 11.5 Å². The first kappa shape index (κ1) is 14.8. The van der Waals surface area contributed by atoms with Gasteiger partial charge in [-0.15, -0.1) is 0 Å². The Labute approximate surface area is 110 Å². The third-order valence-electron chi connectivity index (χ3n) is 3.04. The fourth-order valence-electron chi connectivity index (χ4n) is 1.88. The Morgan fingerprint density at radius 3 is 1.83 bits per heavy atom. The minimum atomic E-state index is -0.472. The van der Waals surface area contributed by atoms with Gasteiger partial charge >= 0.3 is 0 Å². The number of benzene rings is 1. The first-order valence-corrected chi connectivity index (χ1v) is 6.17. The van der Waals surface area contributed by atoms with E-state index >= 15 is 0 Å². The maximum atomic E-state index is 6.23. The van der Waals surface area contributed by atoms with E-state index in [-0.39, 0.29) is 5.41 Å². The van der Waals surface area contributed by atoms with Crippen LogP contribution in [0.15, 0.2) is 12.1 Å². The molecule has 0 unspecified atom stereocenters. The smallest absolute Gasteiger partial charge is 0.165 e. The van der Waals surface area contributed by atoms with Crippen molar-refractivity contribution in [2.75, 3.05) is 14.2 Å². The zero-order valence-corrected chi connectivity index (χ0v) is 12.5. The summed E-state index contributed by atoms with van der Waals surface area (Å²) in [6.07, 6.45) is 0. The van der Waals surface area contributed by atoms with Crippen molar-refractivity contribution in [3.63, 3.8) is 0 Å². The van der Waals surface area contributed by atoms with E-state index in [0.29, 0.717) is 0 Å². The van der Waals surface area contributed by atoms with Crippen LogP contribution in [0.4, 0.5) is 0 Å². The minimum absolute atomic E-state index is 0.0412. The quantitative estimate of drug-likeness (QED) is 0.897. The summed E-state index contributed by atoms with van der Waals surface area (Å²) in [5.41, 5.74) is 7.96. The van der Waals surface area contributed by atoms with Gasteiger partial charge in [-0.1, -0.05) is 20.8 Å². The molecule has 0 heterocycles. The maximum absolute atomic E-state index is 6.23. The largest absolute Gasteiger partial charge is 0.493 e. The van der Waals surface area contributed by atoms with Crippen LogP contribution in [0.2, 0.25) is 0 Å². The maximum Gasteiger partial charge on any atom is 0.165 e. The lowest BCUT2D eigenvalue weighted by molar-refractivity contribution is 0.342. The standard InChI is InChI=1S/C15H25NO2/c1-14(2,3)10-8-11(15(4,5)16)13(18-7)12(9-10)17-6/h8-9H,16H2,1-7H3. The molecule has 0 saturated carbocycles. The van der Waals surface area contributed by atoms with Gasteiger partial charge in [0, 0.05) is 11.1 Å². The van der Waals surface area contributed by atoms with Crippen LogP contribution in [0.1, 0.15) is 45.7 Å². The summed E-state index contributed by atoms with van der Waals surface area (Å²) < 4.78 is 10.9. The Morgan fingerprint density at radius 1 is 0.944 bits per heavy atom. The Hall–Kier alpha value is -1.22. The number of rotatable bonds is 3. The molecule has 0 amide bonds. The molecule has 102 valence electrons. The SMILES string of the molecule is COc1cc(C(C)(C)C)cc(C(C)(C)N)c1OC. The lowest BCUT2D eigenvalue weighted by Gasteiger charge is -2.28. The van der Waals surface area contributed by atoms with Gasteiger partial charge in [0.05, 0.1) is 14.2 Å². The summed E-state index contributed by atoms with van der Waals surface area (Å²) >= 11 is 0. The Morgan fingerprint density at radius 2 is 1.50 bits per heavy atom. The van der Waals surface area contributed by atoms with E-state index in [1.807, 2.05) is 19.9 Å². The van der Waals surface area contributed by atoms with Crippen molar-refractivity contribution >= 4 is 0 Å². The topological polar surface area (TPSA) is 44.5 Å². The molecule has 0 aliphatic carbocycles. The molecule has 0 aliphatic rings. The summed E-state index contributed by atoms with van der Waals surface area (Å²) in [7, 11) is 3.29. The van der Waals surface area contributed by atoms with Gasteiger partial charge in [-0.25, -0.2) is 0 Å². The van der Waals surface area contributed by atoms with Crippen molar-refractivity contribution in [2.45, 2.75) is 45.6 Å². The van der Waals surface area contributed by atoms with Crippen molar-refractivity contribution in [2.24, 2.45) is 5.73 Å². The molecule has 2 N–H and O–H groups in total. The van der Waals surface area contributed by atoms with E-state index in [0.717, 1.165) is 17.1 Å². The molecule has 0 spiro atoms. The molecule has 0 fully saturated rings. The molecule has 0 radical (unpaired) electrons. The van der Waals surface area contributed by atoms with E-state index in [1.165, 1.54) is 5.56 Å². The van der Waals surface area contributed by atoms with E-state index in [4.69, 9.17) is 15.2 Å². The van der Waals surface area contributed by atoms with E-state index in [2.05, 4.69) is 26.8 Å². The summed E-state index contributed by atoms with van der Waals surface area (Å²) in [5, 5.41) is 0. The van der Waals surface area contributed by atoms with Gasteiger partial charge in [-0.3, -0.25) is 0 Å². The predicted octanol–water partition coefficient (Wildman–Crippen LogP) is 3.20. The molecule has 0 aliphatic heterocycles. The Kier molecular flexibility index (Phi) is 3.96. The van der Waals surface area contributed by atoms with Gasteiger partial charge in [-0.05, 0) is 37.0 Å². The molecular weight excluding hydrogens is 226 g/mol. The molecule has 0 saturated heterocycles. The van der Waals surface area contributed by atoms with E-state index in [9.17, 15) is 0 Å². The van der Waals surface area contributed by atoms with E-state index < -0.39 is 5.54 Å². The monoisotopic (exact) mass is 251 g/mol. The molecular formula is C15H25NO2. The number of ether oxygens (including phenoxy) is 2. The second-order valence-electron chi connectivity index (χ2n) is 6.23. The second-order valence-corrected chi connectivity index (χ2v) is 6.23. The van der Waals surface area contributed by atoms with E-state index in [1.54, 1.807) is 14.2 Å². The summed E-state index contributed by atoms with van der Waals surface area (Å²) in [6, 6.07) is 4.13. The van der Waals surface area contributed by atoms with Crippen molar-refractivity contribution in [1.29, 1.82) is 0 Å². The highest BCUT2D eigenvalue weighted by molar-refractivity contribution is 5.53. The first-order chi connectivity index (χ1) is 8.11.